The number of fused-ring (bicyclic) bond motifs is 6. The monoisotopic (exact) mass is 381 g/mol. The molecule has 0 aromatic heterocycles. The Kier molecular flexibility index (Phi) is 4.73. The fourth-order valence-electron chi connectivity index (χ4n) is 6.03. The van der Waals surface area contributed by atoms with Gasteiger partial charge in [-0.15, -0.1) is 0 Å². The maximum atomic E-state index is 5.89. The molecular weight excluding hydrogens is 350 g/mol. The molecule has 0 amide bonds. The number of piperidine rings is 3. The molecule has 3 aliphatic heterocycles. The summed E-state index contributed by atoms with van der Waals surface area (Å²) in [7, 11) is 0. The number of likely N-dealkylation sites (tertiary alicyclic amines) is 1. The molecule has 0 unspecified atom stereocenters. The smallest absolute Gasteiger partial charge is 0.173 e. The summed E-state index contributed by atoms with van der Waals surface area (Å²) in [6.45, 7) is 5.79. The van der Waals surface area contributed by atoms with Crippen molar-refractivity contribution >= 4 is 23.0 Å². The number of rotatable bonds is 1. The van der Waals surface area contributed by atoms with E-state index in [9.17, 15) is 0 Å². The second-order valence-corrected chi connectivity index (χ2v) is 9.38. The Morgan fingerprint density at radius 2 is 1.96 bits per heavy atom. The first-order chi connectivity index (χ1) is 13.2. The van der Waals surface area contributed by atoms with Gasteiger partial charge in [-0.2, -0.15) is 0 Å². The van der Waals surface area contributed by atoms with Crippen molar-refractivity contribution in [3.8, 4) is 0 Å². The van der Waals surface area contributed by atoms with Gasteiger partial charge in [0.2, 0.25) is 0 Å². The molecule has 1 N–H and O–H groups in total. The largest absolute Gasteiger partial charge is 0.342 e. The van der Waals surface area contributed by atoms with Crippen LogP contribution in [0, 0.1) is 18.8 Å². The maximum absolute atomic E-state index is 5.89. The fourth-order valence-corrected chi connectivity index (χ4v) is 6.36. The average Bonchev–Trinajstić information content (AvgIpc) is 2.69. The highest BCUT2D eigenvalue weighted by molar-refractivity contribution is 7.80. The van der Waals surface area contributed by atoms with Crippen LogP contribution in [0.2, 0.25) is 0 Å². The molecular formula is C23H31N3S. The van der Waals surface area contributed by atoms with Crippen molar-refractivity contribution < 1.29 is 0 Å². The van der Waals surface area contributed by atoms with Gasteiger partial charge in [0.1, 0.15) is 0 Å². The molecule has 27 heavy (non-hydrogen) atoms. The third-order valence-electron chi connectivity index (χ3n) is 7.22. The Hall–Kier alpha value is -1.39. The summed E-state index contributed by atoms with van der Waals surface area (Å²) in [5, 5.41) is 4.43. The molecule has 0 spiro atoms. The molecule has 4 aliphatic rings. The van der Waals surface area contributed by atoms with Gasteiger partial charge < -0.3 is 10.2 Å². The third-order valence-corrected chi connectivity index (χ3v) is 7.56. The van der Waals surface area contributed by atoms with Gasteiger partial charge in [0.25, 0.3) is 0 Å². The van der Waals surface area contributed by atoms with Crippen molar-refractivity contribution in [2.24, 2.45) is 11.8 Å². The quantitative estimate of drug-likeness (QED) is 0.566. The van der Waals surface area contributed by atoms with Gasteiger partial charge in [0.05, 0.1) is 6.04 Å². The number of nitrogens with zero attached hydrogens (tertiary/aromatic N) is 2. The van der Waals surface area contributed by atoms with Crippen LogP contribution in [0.25, 0.3) is 0 Å². The van der Waals surface area contributed by atoms with Crippen LogP contribution >= 0.6 is 12.2 Å². The zero-order valence-corrected chi connectivity index (χ0v) is 17.2. The second-order valence-electron chi connectivity index (χ2n) is 9.00. The molecule has 4 heteroatoms. The Labute approximate surface area is 168 Å². The number of hydrogen-bond acceptors (Lipinski definition) is 2. The number of benzene rings is 1. The van der Waals surface area contributed by atoms with E-state index in [0.717, 1.165) is 35.2 Å². The maximum Gasteiger partial charge on any atom is 0.173 e. The highest BCUT2D eigenvalue weighted by atomic mass is 32.1. The van der Waals surface area contributed by atoms with Crippen molar-refractivity contribution in [1.82, 2.24) is 9.80 Å². The molecule has 0 radical (unpaired) electrons. The lowest BCUT2D eigenvalue weighted by atomic mass is 9.68. The summed E-state index contributed by atoms with van der Waals surface area (Å²) in [6.07, 6.45) is 10.7. The standard InChI is InChI=1S/C23H31N3S/c1-16-7-9-20(10-8-16)24-23(27)26-12-4-5-17-13-18-14-19(22(17)26)15-25-11-3-2-6-21(18)25/h7-10,13,18-19,21-22H,2-6,11-12,14-15H2,1H3,(H,24,27)/t18-,19+,21-,22-/m1/s1. The van der Waals surface area contributed by atoms with E-state index in [1.807, 2.05) is 0 Å². The fraction of sp³-hybridized carbons (Fsp3) is 0.609. The van der Waals surface area contributed by atoms with Crippen molar-refractivity contribution in [2.45, 2.75) is 57.5 Å². The number of anilines is 1. The Morgan fingerprint density at radius 3 is 2.81 bits per heavy atom. The highest BCUT2D eigenvalue weighted by Crippen LogP contribution is 2.45. The topological polar surface area (TPSA) is 18.5 Å². The highest BCUT2D eigenvalue weighted by Gasteiger charge is 2.46. The molecule has 3 saturated heterocycles. The van der Waals surface area contributed by atoms with E-state index in [2.05, 4.69) is 52.4 Å². The van der Waals surface area contributed by atoms with Crippen molar-refractivity contribution in [3.63, 3.8) is 0 Å². The summed E-state index contributed by atoms with van der Waals surface area (Å²) in [5.74, 6) is 1.52. The van der Waals surface area contributed by atoms with E-state index in [1.54, 1.807) is 5.57 Å². The van der Waals surface area contributed by atoms with Crippen LogP contribution in [0.5, 0.6) is 0 Å². The SMILES string of the molecule is Cc1ccc(NC(=S)N2CCCC3=C[C@@H]4C[C@@H](CN5CCCC[C@H]45)[C@@H]32)cc1. The molecule has 5 rings (SSSR count). The number of nitrogens with one attached hydrogen (secondary N) is 1. The Bertz CT molecular complexity index is 740. The van der Waals surface area contributed by atoms with E-state index in [1.165, 1.54) is 57.2 Å². The molecule has 0 saturated carbocycles. The summed E-state index contributed by atoms with van der Waals surface area (Å²) in [5.41, 5.74) is 4.07. The summed E-state index contributed by atoms with van der Waals surface area (Å²) in [4.78, 5) is 5.31. The van der Waals surface area contributed by atoms with E-state index in [4.69, 9.17) is 12.2 Å². The van der Waals surface area contributed by atoms with Crippen LogP contribution in [-0.2, 0) is 0 Å². The first kappa shape index (κ1) is 17.7. The van der Waals surface area contributed by atoms with Gasteiger partial charge in [-0.3, -0.25) is 4.90 Å². The van der Waals surface area contributed by atoms with Gasteiger partial charge in [0.15, 0.2) is 5.11 Å². The van der Waals surface area contributed by atoms with Crippen LogP contribution in [0.15, 0.2) is 35.9 Å². The van der Waals surface area contributed by atoms with Crippen LogP contribution in [0.4, 0.5) is 5.69 Å². The van der Waals surface area contributed by atoms with Gasteiger partial charge in [-0.1, -0.05) is 35.8 Å². The van der Waals surface area contributed by atoms with Gasteiger partial charge >= 0.3 is 0 Å². The van der Waals surface area contributed by atoms with Crippen LogP contribution in [0.3, 0.4) is 0 Å². The number of aryl methyl sites for hydroxylation is 1. The predicted molar refractivity (Wildman–Crippen MR) is 116 cm³/mol. The lowest BCUT2D eigenvalue weighted by molar-refractivity contribution is 0.0132. The minimum atomic E-state index is 0.517. The van der Waals surface area contributed by atoms with E-state index in [-0.39, 0.29) is 0 Å². The molecule has 4 atom stereocenters. The zero-order valence-electron chi connectivity index (χ0n) is 16.4. The van der Waals surface area contributed by atoms with Crippen molar-refractivity contribution in [1.29, 1.82) is 0 Å². The van der Waals surface area contributed by atoms with E-state index >= 15 is 0 Å². The minimum Gasteiger partial charge on any atom is -0.342 e. The average molecular weight is 382 g/mol. The van der Waals surface area contributed by atoms with Crippen LogP contribution in [0.1, 0.15) is 44.1 Å². The summed E-state index contributed by atoms with van der Waals surface area (Å²) in [6, 6.07) is 9.90. The molecule has 1 aromatic carbocycles. The summed E-state index contributed by atoms with van der Waals surface area (Å²) >= 11 is 5.89. The van der Waals surface area contributed by atoms with Gasteiger partial charge in [0, 0.05) is 24.8 Å². The van der Waals surface area contributed by atoms with Crippen molar-refractivity contribution in [3.05, 3.63) is 41.5 Å². The Balaban J connectivity index is 1.38. The van der Waals surface area contributed by atoms with Crippen LogP contribution < -0.4 is 5.32 Å². The lowest BCUT2D eigenvalue weighted by Crippen LogP contribution is -2.60. The lowest BCUT2D eigenvalue weighted by Gasteiger charge is -2.55. The number of hydrogen-bond donors (Lipinski definition) is 1. The molecule has 2 bridgehead atoms. The Morgan fingerprint density at radius 1 is 1.11 bits per heavy atom. The minimum absolute atomic E-state index is 0.517. The second kappa shape index (κ2) is 7.21. The molecule has 1 aromatic rings. The first-order valence-corrected chi connectivity index (χ1v) is 11.2. The van der Waals surface area contributed by atoms with Crippen molar-refractivity contribution in [2.75, 3.05) is 25.0 Å². The molecule has 1 aliphatic carbocycles. The van der Waals surface area contributed by atoms with Crippen LogP contribution in [-0.4, -0.2) is 46.6 Å². The van der Waals surface area contributed by atoms with E-state index < -0.39 is 0 Å². The summed E-state index contributed by atoms with van der Waals surface area (Å²) < 4.78 is 0. The van der Waals surface area contributed by atoms with Gasteiger partial charge in [-0.25, -0.2) is 0 Å². The zero-order chi connectivity index (χ0) is 18.4. The molecule has 3 heterocycles. The third kappa shape index (κ3) is 3.31. The first-order valence-electron chi connectivity index (χ1n) is 10.8. The molecule has 3 nitrogen and oxygen atoms in total. The van der Waals surface area contributed by atoms with Gasteiger partial charge in [-0.05, 0) is 81.8 Å². The normalized spacial score (nSPS) is 32.9. The molecule has 3 fully saturated rings. The van der Waals surface area contributed by atoms with E-state index in [0.29, 0.717) is 6.04 Å². The number of thiocarbonyl (C=S) groups is 1. The predicted octanol–water partition coefficient (Wildman–Crippen LogP) is 4.59. The molecule has 144 valence electrons.